The van der Waals surface area contributed by atoms with Gasteiger partial charge in [0.05, 0.1) is 24.4 Å². The van der Waals surface area contributed by atoms with Gasteiger partial charge in [-0.2, -0.15) is 0 Å². The molecule has 0 spiro atoms. The predicted molar refractivity (Wildman–Crippen MR) is 96.7 cm³/mol. The maximum absolute atomic E-state index is 6.56. The number of nitrogen functional groups attached to an aromatic ring is 1. The fourth-order valence-electron chi connectivity index (χ4n) is 3.44. The second kappa shape index (κ2) is 7.97. The molecule has 1 aromatic carbocycles. The van der Waals surface area contributed by atoms with Gasteiger partial charge >= 0.3 is 0 Å². The third-order valence-electron chi connectivity index (χ3n) is 4.86. The van der Waals surface area contributed by atoms with Gasteiger partial charge < -0.3 is 19.9 Å². The molecule has 0 aromatic heterocycles. The first-order valence-corrected chi connectivity index (χ1v) is 8.99. The summed E-state index contributed by atoms with van der Waals surface area (Å²) in [7, 11) is 3.48. The number of hydrogen-bond donors (Lipinski definition) is 1. The van der Waals surface area contributed by atoms with Gasteiger partial charge in [-0.25, -0.2) is 0 Å². The smallest absolute Gasteiger partial charge is 0.0927 e. The van der Waals surface area contributed by atoms with E-state index in [0.29, 0.717) is 13.2 Å². The number of benzene rings is 1. The zero-order chi connectivity index (χ0) is 16.9. The molecule has 1 aliphatic heterocycles. The third kappa shape index (κ3) is 4.47. The molecule has 0 radical (unpaired) electrons. The summed E-state index contributed by atoms with van der Waals surface area (Å²) in [5.41, 5.74) is 7.49. The van der Waals surface area contributed by atoms with Crippen LogP contribution in [0.2, 0.25) is 0 Å². The Kier molecular flexibility index (Phi) is 6.48. The van der Waals surface area contributed by atoms with E-state index in [1.54, 1.807) is 14.2 Å². The first-order chi connectivity index (χ1) is 11.0. The highest BCUT2D eigenvalue weighted by Crippen LogP contribution is 2.43. The molecule has 5 heteroatoms. The molecule has 23 heavy (non-hydrogen) atoms. The standard InChI is InChI=1S/C18H28BrNO3/c1-4-17(12-21-2)9-10-18(23-17,13-22-3)8-7-14-5-6-16(20)15(19)11-14/h5-6,11H,4,7-10,12-13,20H2,1-3H3/t17-,18+/m0/s1. The Morgan fingerprint density at radius 2 is 1.83 bits per heavy atom. The van der Waals surface area contributed by atoms with Gasteiger partial charge in [0.15, 0.2) is 0 Å². The van der Waals surface area contributed by atoms with Crippen LogP contribution in [0.25, 0.3) is 0 Å². The molecule has 0 bridgehead atoms. The minimum Gasteiger partial charge on any atom is -0.398 e. The lowest BCUT2D eigenvalue weighted by Gasteiger charge is -2.34. The lowest BCUT2D eigenvalue weighted by atomic mass is 9.90. The van der Waals surface area contributed by atoms with Crippen LogP contribution >= 0.6 is 15.9 Å². The second-order valence-electron chi connectivity index (χ2n) is 6.54. The lowest BCUT2D eigenvalue weighted by molar-refractivity contribution is -0.154. The molecule has 1 aromatic rings. The van der Waals surface area contributed by atoms with E-state index in [9.17, 15) is 0 Å². The summed E-state index contributed by atoms with van der Waals surface area (Å²) in [6.07, 6.45) is 4.86. The molecule has 1 heterocycles. The van der Waals surface area contributed by atoms with E-state index in [1.165, 1.54) is 5.56 Å². The summed E-state index contributed by atoms with van der Waals surface area (Å²) in [5.74, 6) is 0. The Morgan fingerprint density at radius 3 is 2.43 bits per heavy atom. The Hall–Kier alpha value is -0.620. The molecule has 4 nitrogen and oxygen atoms in total. The van der Waals surface area contributed by atoms with E-state index in [2.05, 4.69) is 35.0 Å². The van der Waals surface area contributed by atoms with Gasteiger partial charge in [-0.3, -0.25) is 0 Å². The number of rotatable bonds is 8. The lowest BCUT2D eigenvalue weighted by Crippen LogP contribution is -2.41. The van der Waals surface area contributed by atoms with Crippen LogP contribution in [0.1, 0.15) is 38.2 Å². The number of methoxy groups -OCH3 is 2. The van der Waals surface area contributed by atoms with Crippen molar-refractivity contribution in [3.63, 3.8) is 0 Å². The minimum atomic E-state index is -0.225. The number of hydrogen-bond acceptors (Lipinski definition) is 4. The summed E-state index contributed by atoms with van der Waals surface area (Å²) in [6, 6.07) is 6.12. The van der Waals surface area contributed by atoms with Crippen LogP contribution in [0, 0.1) is 0 Å². The molecule has 0 unspecified atom stereocenters. The number of nitrogens with two attached hydrogens (primary N) is 1. The number of ether oxygens (including phenoxy) is 3. The topological polar surface area (TPSA) is 53.7 Å². The molecular weight excluding hydrogens is 358 g/mol. The number of halogens is 1. The maximum Gasteiger partial charge on any atom is 0.0927 e. The van der Waals surface area contributed by atoms with Gasteiger partial charge in [0.2, 0.25) is 0 Å². The van der Waals surface area contributed by atoms with Gasteiger partial charge in [-0.1, -0.05) is 13.0 Å². The highest BCUT2D eigenvalue weighted by molar-refractivity contribution is 9.10. The zero-order valence-electron chi connectivity index (χ0n) is 14.4. The fourth-order valence-corrected chi connectivity index (χ4v) is 3.87. The Balaban J connectivity index is 2.08. The first-order valence-electron chi connectivity index (χ1n) is 8.20. The molecule has 130 valence electrons. The normalized spacial score (nSPS) is 27.5. The second-order valence-corrected chi connectivity index (χ2v) is 7.40. The van der Waals surface area contributed by atoms with Crippen molar-refractivity contribution in [2.75, 3.05) is 33.2 Å². The van der Waals surface area contributed by atoms with Crippen molar-refractivity contribution in [2.24, 2.45) is 0 Å². The van der Waals surface area contributed by atoms with E-state index >= 15 is 0 Å². The van der Waals surface area contributed by atoms with Crippen molar-refractivity contribution in [2.45, 2.75) is 50.2 Å². The van der Waals surface area contributed by atoms with Crippen LogP contribution in [0.4, 0.5) is 5.69 Å². The number of aryl methyl sites for hydroxylation is 1. The molecule has 1 saturated heterocycles. The largest absolute Gasteiger partial charge is 0.398 e. The molecule has 0 saturated carbocycles. The van der Waals surface area contributed by atoms with Crippen LogP contribution in [0.15, 0.2) is 22.7 Å². The average molecular weight is 386 g/mol. The molecule has 1 aliphatic rings. The monoisotopic (exact) mass is 385 g/mol. The quantitative estimate of drug-likeness (QED) is 0.688. The van der Waals surface area contributed by atoms with E-state index < -0.39 is 0 Å². The van der Waals surface area contributed by atoms with Crippen molar-refractivity contribution < 1.29 is 14.2 Å². The molecule has 2 N–H and O–H groups in total. The molecule has 0 amide bonds. The van der Waals surface area contributed by atoms with Crippen molar-refractivity contribution in [1.82, 2.24) is 0 Å². The SMILES string of the molecule is CC[C@@]1(COC)CC[C@](CCc2ccc(N)c(Br)c2)(COC)O1. The Bertz CT molecular complexity index is 525. The van der Waals surface area contributed by atoms with Crippen LogP contribution in [-0.2, 0) is 20.6 Å². The molecule has 1 fully saturated rings. The third-order valence-corrected chi connectivity index (χ3v) is 5.55. The summed E-state index contributed by atoms with van der Waals surface area (Å²) < 4.78 is 18.4. The fraction of sp³-hybridized carbons (Fsp3) is 0.667. The van der Waals surface area contributed by atoms with E-state index in [-0.39, 0.29) is 11.2 Å². The van der Waals surface area contributed by atoms with Gasteiger partial charge in [0.1, 0.15) is 0 Å². The highest BCUT2D eigenvalue weighted by Gasteiger charge is 2.48. The van der Waals surface area contributed by atoms with Crippen LogP contribution < -0.4 is 5.73 Å². The maximum atomic E-state index is 6.56. The van der Waals surface area contributed by atoms with Crippen LogP contribution in [0.3, 0.4) is 0 Å². The summed E-state index contributed by atoms with van der Waals surface area (Å²) >= 11 is 3.50. The van der Waals surface area contributed by atoms with Crippen LogP contribution in [-0.4, -0.2) is 38.6 Å². The Morgan fingerprint density at radius 1 is 1.17 bits per heavy atom. The number of anilines is 1. The van der Waals surface area contributed by atoms with Gasteiger partial charge in [-0.05, 0) is 65.7 Å². The summed E-state index contributed by atoms with van der Waals surface area (Å²) in [6.45, 7) is 3.43. The molecule has 0 aliphatic carbocycles. The minimum absolute atomic E-state index is 0.172. The molecule has 2 atom stereocenters. The van der Waals surface area contributed by atoms with E-state index in [4.69, 9.17) is 19.9 Å². The average Bonchev–Trinajstić information content (AvgIpc) is 2.89. The predicted octanol–water partition coefficient (Wildman–Crippen LogP) is 3.95. The van der Waals surface area contributed by atoms with E-state index in [0.717, 1.165) is 42.3 Å². The van der Waals surface area contributed by atoms with Crippen molar-refractivity contribution in [3.05, 3.63) is 28.2 Å². The van der Waals surface area contributed by atoms with Crippen molar-refractivity contribution in [1.29, 1.82) is 0 Å². The van der Waals surface area contributed by atoms with Gasteiger partial charge in [0, 0.05) is 24.4 Å². The first kappa shape index (κ1) is 18.7. The van der Waals surface area contributed by atoms with Crippen molar-refractivity contribution in [3.8, 4) is 0 Å². The Labute approximate surface area is 147 Å². The van der Waals surface area contributed by atoms with Gasteiger partial charge in [0.25, 0.3) is 0 Å². The van der Waals surface area contributed by atoms with E-state index in [1.807, 2.05) is 6.07 Å². The molecular formula is C18H28BrNO3. The van der Waals surface area contributed by atoms with Gasteiger partial charge in [-0.15, -0.1) is 0 Å². The highest BCUT2D eigenvalue weighted by atomic mass is 79.9. The summed E-state index contributed by atoms with van der Waals surface area (Å²) in [4.78, 5) is 0. The zero-order valence-corrected chi connectivity index (χ0v) is 15.9. The van der Waals surface area contributed by atoms with Crippen LogP contribution in [0.5, 0.6) is 0 Å². The molecule has 2 rings (SSSR count). The summed E-state index contributed by atoms with van der Waals surface area (Å²) in [5, 5.41) is 0. The van der Waals surface area contributed by atoms with Crippen molar-refractivity contribution >= 4 is 21.6 Å².